The van der Waals surface area contributed by atoms with Crippen molar-refractivity contribution in [1.82, 2.24) is 26.6 Å². The number of nitrogens with one attached hydrogen (secondary N) is 5. The van der Waals surface area contributed by atoms with Gasteiger partial charge in [0, 0.05) is 53.2 Å². The lowest BCUT2D eigenvalue weighted by molar-refractivity contribution is -0.368. The molecule has 7 rings (SSSR count). The molecule has 15 unspecified atom stereocenters. The SMILES string of the molecule is CCCCCCC#CCCCOc1cccc(C(=O)NC2[C@H](O[C@H]3C(O)C(NC(C)=O)C(OC4C(CO)O[C@@H](O[C@H]5C(O)C(NC(C)=O)C(OC6C(CO[C@@H]7OC(C)C(O)[C@H](O)[C@H]7OC)OC(O)[C@@H](NC(C)=O)[C@H]6O)O[C@H]5CO)[C@@H](NC(C)=O)[C@H]4O)O[C@H]3CO)OC(CO)[C@@H](O)[C@@H]2O)c1. The lowest BCUT2D eigenvalue weighted by Crippen LogP contribution is -2.72. The summed E-state index contributed by atoms with van der Waals surface area (Å²) in [6.45, 7) is 3.43. The maximum absolute atomic E-state index is 13.9. The van der Waals surface area contributed by atoms with E-state index < -0.39 is 246 Å². The third kappa shape index (κ3) is 20.9. The van der Waals surface area contributed by atoms with Crippen LogP contribution in [0.4, 0.5) is 0 Å². The van der Waals surface area contributed by atoms with Crippen molar-refractivity contribution >= 4 is 29.5 Å². The van der Waals surface area contributed by atoms with Gasteiger partial charge in [0.1, 0.15) is 146 Å². The molecule has 6 heterocycles. The minimum atomic E-state index is -2.07. The van der Waals surface area contributed by atoms with Crippen LogP contribution in [0.25, 0.3) is 0 Å². The summed E-state index contributed by atoms with van der Waals surface area (Å²) in [5, 5.41) is 158. The Morgan fingerprint density at radius 1 is 0.465 bits per heavy atom. The summed E-state index contributed by atoms with van der Waals surface area (Å²) in [5.41, 5.74) is 0.0342. The summed E-state index contributed by atoms with van der Waals surface area (Å²) in [4.78, 5) is 65.1. The van der Waals surface area contributed by atoms with Crippen molar-refractivity contribution < 1.29 is 152 Å². The minimum Gasteiger partial charge on any atom is -0.494 e. The van der Waals surface area contributed by atoms with E-state index in [1.165, 1.54) is 26.2 Å². The van der Waals surface area contributed by atoms with Gasteiger partial charge in [-0.1, -0.05) is 32.3 Å². The van der Waals surface area contributed by atoms with Crippen LogP contribution in [0.5, 0.6) is 5.75 Å². The summed E-state index contributed by atoms with van der Waals surface area (Å²) < 4.78 is 77.9. The van der Waals surface area contributed by atoms with Gasteiger partial charge in [0.15, 0.2) is 37.7 Å². The average Bonchev–Trinajstić information content (AvgIpc) is 0.771. The van der Waals surface area contributed by atoms with Crippen molar-refractivity contribution in [2.75, 3.05) is 46.8 Å². The Kier molecular flexibility index (Phi) is 31.5. The zero-order chi connectivity index (χ0) is 72.5. The van der Waals surface area contributed by atoms with Gasteiger partial charge in [-0.05, 0) is 38.0 Å². The molecule has 36 nitrogen and oxygen atoms in total. The van der Waals surface area contributed by atoms with Gasteiger partial charge in [-0.3, -0.25) is 24.0 Å². The molecule has 36 heteroatoms. The van der Waals surface area contributed by atoms with Crippen LogP contribution in [-0.4, -0.2) is 327 Å². The number of carbonyl (C=O) groups excluding carboxylic acids is 5. The fourth-order valence-electron chi connectivity index (χ4n) is 12.5. The lowest BCUT2D eigenvalue weighted by atomic mass is 9.93. The quantitative estimate of drug-likeness (QED) is 0.0251. The third-order valence-electron chi connectivity index (χ3n) is 17.6. The monoisotopic (exact) mass is 1420 g/mol. The number of aliphatic hydroxyl groups is 13. The van der Waals surface area contributed by atoms with Gasteiger partial charge in [-0.2, -0.15) is 0 Å². The third-order valence-corrected chi connectivity index (χ3v) is 17.6. The van der Waals surface area contributed by atoms with E-state index in [1.54, 1.807) is 12.1 Å². The fraction of sp³-hybridized carbons (Fsp3) is 0.794. The van der Waals surface area contributed by atoms with Crippen molar-refractivity contribution in [2.24, 2.45) is 0 Å². The highest BCUT2D eigenvalue weighted by atomic mass is 16.8. The first-order valence-electron chi connectivity index (χ1n) is 33.0. The highest BCUT2D eigenvalue weighted by Crippen LogP contribution is 2.37. The summed E-state index contributed by atoms with van der Waals surface area (Å²) >= 11 is 0. The van der Waals surface area contributed by atoms with Gasteiger partial charge in [0.25, 0.3) is 5.91 Å². The number of amides is 5. The van der Waals surface area contributed by atoms with Crippen LogP contribution in [-0.2, 0) is 76.0 Å². The highest BCUT2D eigenvalue weighted by molar-refractivity contribution is 5.94. The molecule has 6 aliphatic heterocycles. The maximum atomic E-state index is 13.9. The fourth-order valence-corrected chi connectivity index (χ4v) is 12.5. The van der Waals surface area contributed by atoms with Crippen LogP contribution in [0.1, 0.15) is 96.8 Å². The number of rotatable bonds is 30. The Bertz CT molecular complexity index is 2790. The molecule has 0 radical (unpaired) electrons. The first-order valence-corrected chi connectivity index (χ1v) is 33.0. The molecule has 0 saturated carbocycles. The van der Waals surface area contributed by atoms with Crippen LogP contribution in [0, 0.1) is 11.8 Å². The molecular formula is C63H99N5O31. The Hall–Kier alpha value is -5.07. The van der Waals surface area contributed by atoms with Crippen LogP contribution in [0.15, 0.2) is 24.3 Å². The molecule has 6 saturated heterocycles. The van der Waals surface area contributed by atoms with E-state index in [-0.39, 0.29) is 12.2 Å². The van der Waals surface area contributed by atoms with Gasteiger partial charge in [0.2, 0.25) is 23.6 Å². The van der Waals surface area contributed by atoms with Crippen molar-refractivity contribution in [2.45, 2.75) is 270 Å². The first kappa shape index (κ1) is 81.2. The largest absolute Gasteiger partial charge is 0.494 e. The predicted molar refractivity (Wildman–Crippen MR) is 332 cm³/mol. The van der Waals surface area contributed by atoms with Crippen LogP contribution >= 0.6 is 0 Å². The van der Waals surface area contributed by atoms with Crippen LogP contribution in [0.3, 0.4) is 0 Å². The van der Waals surface area contributed by atoms with E-state index in [4.69, 9.17) is 61.6 Å². The molecule has 1 aromatic carbocycles. The summed E-state index contributed by atoms with van der Waals surface area (Å²) in [5.74, 6) is 2.59. The Balaban J connectivity index is 1.07. The summed E-state index contributed by atoms with van der Waals surface area (Å²) in [6.07, 6.45) is -37.0. The molecule has 1 aromatic rings. The number of aliphatic hydroxyl groups excluding tert-OH is 13. The number of methoxy groups -OCH3 is 1. The number of carbonyl (C=O) groups is 5. The lowest BCUT2D eigenvalue weighted by Gasteiger charge is -2.51. The molecule has 6 fully saturated rings. The summed E-state index contributed by atoms with van der Waals surface area (Å²) in [6, 6.07) is -2.53. The van der Waals surface area contributed by atoms with Crippen molar-refractivity contribution in [3.05, 3.63) is 29.8 Å². The predicted octanol–water partition coefficient (Wildman–Crippen LogP) is -7.27. The van der Waals surface area contributed by atoms with E-state index in [2.05, 4.69) is 45.3 Å². The Labute approximate surface area is 571 Å². The number of hydrogen-bond donors (Lipinski definition) is 18. The average molecular weight is 1420 g/mol. The first-order chi connectivity index (χ1) is 47.2. The van der Waals surface area contributed by atoms with Gasteiger partial charge in [0.05, 0.1) is 45.7 Å². The van der Waals surface area contributed by atoms with Crippen LogP contribution < -0.4 is 31.3 Å². The molecule has 0 bridgehead atoms. The molecule has 562 valence electrons. The molecular weight excluding hydrogens is 1320 g/mol. The molecule has 0 aliphatic carbocycles. The molecule has 6 aliphatic rings. The Morgan fingerprint density at radius 3 is 1.35 bits per heavy atom. The van der Waals surface area contributed by atoms with Crippen LogP contribution in [0.2, 0.25) is 0 Å². The molecule has 0 aromatic heterocycles. The standard InChI is InChI=1S/C63H99N5O31/c1-8-9-10-11-12-13-14-15-16-20-88-33-19-17-18-32(21-33)57(85)68-40-46(79)45(78)34(22-69)92-59(40)96-52-35(23-70)93-60(41(48(52)81)65-29(4)74)97-53-36(24-71)94-61(42(49(53)82)66-30(5)75)98-54-37(25-72)95-62(43(50(54)83)67-31(6)76)99-55-38(91-58(86)39(47(55)80)64-28(3)73)26-89-63-56(87-7)51(84)44(77)27(2)90-63/h17-19,21,27,34-56,58-63,69-72,77-84,86H,8-12,15-16,20,22-26H2,1-7H3,(H,64,73)(H,65,74)(H,66,75)(H,67,76)(H,68,85)/t27?,34?,35-,36?,37-,38?,39-,40?,41?,42-,43?,44?,45+,46+,47+,48?,49+,50?,51-,52+,53?,54+,55?,56+,58?,59-,60?,61-,62?,63+/m0/s1. The van der Waals surface area contributed by atoms with Gasteiger partial charge >= 0.3 is 0 Å². The molecule has 0 spiro atoms. The molecule has 30 atom stereocenters. The van der Waals surface area contributed by atoms with E-state index in [9.17, 15) is 90.4 Å². The molecule has 18 N–H and O–H groups in total. The highest BCUT2D eigenvalue weighted by Gasteiger charge is 2.58. The number of hydrogen-bond acceptors (Lipinski definition) is 31. The molecule has 5 amide bonds. The van der Waals surface area contributed by atoms with E-state index in [0.29, 0.717) is 18.6 Å². The zero-order valence-electron chi connectivity index (χ0n) is 56.0. The second-order valence-electron chi connectivity index (χ2n) is 25.1. The van der Waals surface area contributed by atoms with Crippen molar-refractivity contribution in [3.8, 4) is 17.6 Å². The topological polar surface area (TPSA) is 528 Å². The normalized spacial score (nSPS) is 39.4. The number of unbranched alkanes of at least 4 members (excludes halogenated alkanes) is 5. The smallest absolute Gasteiger partial charge is 0.251 e. The van der Waals surface area contributed by atoms with Crippen molar-refractivity contribution in [3.63, 3.8) is 0 Å². The van der Waals surface area contributed by atoms with Crippen molar-refractivity contribution in [1.29, 1.82) is 0 Å². The molecule has 99 heavy (non-hydrogen) atoms. The maximum Gasteiger partial charge on any atom is 0.251 e. The second kappa shape index (κ2) is 38.4. The van der Waals surface area contributed by atoms with E-state index in [1.807, 2.05) is 0 Å². The van der Waals surface area contributed by atoms with E-state index >= 15 is 0 Å². The van der Waals surface area contributed by atoms with E-state index in [0.717, 1.165) is 59.8 Å². The number of ether oxygens (including phenoxy) is 13. The zero-order valence-corrected chi connectivity index (χ0v) is 56.0. The van der Waals surface area contributed by atoms with Gasteiger partial charge in [-0.15, -0.1) is 11.8 Å². The summed E-state index contributed by atoms with van der Waals surface area (Å²) in [7, 11) is 1.21. The second-order valence-corrected chi connectivity index (χ2v) is 25.1. The Morgan fingerprint density at radius 2 is 0.899 bits per heavy atom. The van der Waals surface area contributed by atoms with Gasteiger partial charge in [-0.25, -0.2) is 0 Å². The minimum absolute atomic E-state index is 0.0342. The van der Waals surface area contributed by atoms with Gasteiger partial charge < -0.3 is 155 Å². The number of benzene rings is 1.